The third-order valence-corrected chi connectivity index (χ3v) is 4.19. The van der Waals surface area contributed by atoms with Gasteiger partial charge in [-0.3, -0.25) is 4.79 Å². The van der Waals surface area contributed by atoms with Crippen molar-refractivity contribution in [1.82, 2.24) is 5.32 Å². The highest BCUT2D eigenvalue weighted by Gasteiger charge is 2.28. The zero-order chi connectivity index (χ0) is 9.90. The summed E-state index contributed by atoms with van der Waals surface area (Å²) in [5.41, 5.74) is 0. The fourth-order valence-electron chi connectivity index (χ4n) is 1.31. The highest BCUT2D eigenvalue weighted by atomic mass is 32.2. The highest BCUT2D eigenvalue weighted by Crippen LogP contribution is 2.11. The quantitative estimate of drug-likeness (QED) is 0.710. The van der Waals surface area contributed by atoms with Gasteiger partial charge in [0.1, 0.15) is 0 Å². The van der Waals surface area contributed by atoms with E-state index < -0.39 is 9.84 Å². The van der Waals surface area contributed by atoms with Crippen LogP contribution in [0.5, 0.6) is 0 Å². The molecule has 0 radical (unpaired) electrons. The van der Waals surface area contributed by atoms with Crippen molar-refractivity contribution in [2.75, 3.05) is 23.5 Å². The SMILES string of the molecule is CSCC(=O)NC1CCS(=O)(=O)C1. The van der Waals surface area contributed by atoms with Gasteiger partial charge in [-0.25, -0.2) is 8.42 Å². The van der Waals surface area contributed by atoms with Crippen LogP contribution in [0.1, 0.15) is 6.42 Å². The summed E-state index contributed by atoms with van der Waals surface area (Å²) in [5.74, 6) is 0.635. The third-order valence-electron chi connectivity index (χ3n) is 1.87. The van der Waals surface area contributed by atoms with Crippen LogP contribution in [-0.2, 0) is 14.6 Å². The molecule has 1 fully saturated rings. The first kappa shape index (κ1) is 10.8. The van der Waals surface area contributed by atoms with Crippen LogP contribution < -0.4 is 5.32 Å². The number of carbonyl (C=O) groups excluding carboxylic acids is 1. The van der Waals surface area contributed by atoms with E-state index in [0.717, 1.165) is 0 Å². The Labute approximate surface area is 82.4 Å². The second-order valence-corrected chi connectivity index (χ2v) is 6.20. The van der Waals surface area contributed by atoms with Crippen LogP contribution in [0.4, 0.5) is 0 Å². The first-order chi connectivity index (χ1) is 6.03. The molecule has 1 rings (SSSR count). The van der Waals surface area contributed by atoms with E-state index in [1.54, 1.807) is 0 Å². The molecule has 0 saturated carbocycles. The molecule has 1 aliphatic heterocycles. The van der Waals surface area contributed by atoms with Gasteiger partial charge in [0.25, 0.3) is 0 Å². The maximum absolute atomic E-state index is 11.1. The minimum absolute atomic E-state index is 0.0744. The summed E-state index contributed by atoms with van der Waals surface area (Å²) in [6.07, 6.45) is 2.40. The van der Waals surface area contributed by atoms with E-state index in [4.69, 9.17) is 0 Å². The molecule has 1 aliphatic rings. The van der Waals surface area contributed by atoms with Gasteiger partial charge >= 0.3 is 0 Å². The number of nitrogens with one attached hydrogen (secondary N) is 1. The normalized spacial score (nSPS) is 25.8. The maximum atomic E-state index is 11.1. The molecule has 1 heterocycles. The molecule has 4 nitrogen and oxygen atoms in total. The molecule has 0 bridgehead atoms. The standard InChI is InChI=1S/C7H13NO3S2/c1-12-4-7(9)8-6-2-3-13(10,11)5-6/h6H,2-5H2,1H3,(H,8,9). The van der Waals surface area contributed by atoms with Crippen molar-refractivity contribution in [3.63, 3.8) is 0 Å². The molecule has 6 heteroatoms. The number of hydrogen-bond acceptors (Lipinski definition) is 4. The highest BCUT2D eigenvalue weighted by molar-refractivity contribution is 7.99. The summed E-state index contributed by atoms with van der Waals surface area (Å²) in [4.78, 5) is 11.1. The molecule has 0 aliphatic carbocycles. The molecule has 1 atom stereocenters. The zero-order valence-corrected chi connectivity index (χ0v) is 9.08. The van der Waals surface area contributed by atoms with E-state index in [9.17, 15) is 13.2 Å². The Bertz CT molecular complexity index is 286. The monoisotopic (exact) mass is 223 g/mol. The second kappa shape index (κ2) is 4.32. The molecule has 0 aromatic rings. The van der Waals surface area contributed by atoms with Gasteiger partial charge in [-0.2, -0.15) is 11.8 Å². The second-order valence-electron chi connectivity index (χ2n) is 3.10. The molecule has 76 valence electrons. The van der Waals surface area contributed by atoms with E-state index in [-0.39, 0.29) is 23.5 Å². The van der Waals surface area contributed by atoms with Crippen molar-refractivity contribution in [1.29, 1.82) is 0 Å². The molecule has 13 heavy (non-hydrogen) atoms. The number of hydrogen-bond donors (Lipinski definition) is 1. The van der Waals surface area contributed by atoms with Crippen LogP contribution in [0.15, 0.2) is 0 Å². The van der Waals surface area contributed by atoms with Crippen LogP contribution in [0, 0.1) is 0 Å². The fourth-order valence-corrected chi connectivity index (χ4v) is 3.33. The summed E-state index contributed by atoms with van der Waals surface area (Å²) >= 11 is 1.43. The van der Waals surface area contributed by atoms with E-state index in [1.165, 1.54) is 11.8 Å². The van der Waals surface area contributed by atoms with Gasteiger partial charge in [-0.05, 0) is 12.7 Å². The van der Waals surface area contributed by atoms with E-state index in [0.29, 0.717) is 12.2 Å². The minimum atomic E-state index is -2.88. The number of amides is 1. The van der Waals surface area contributed by atoms with Gasteiger partial charge in [0.05, 0.1) is 17.3 Å². The molecule has 0 spiro atoms. The van der Waals surface area contributed by atoms with Gasteiger partial charge in [0, 0.05) is 6.04 Å². The lowest BCUT2D eigenvalue weighted by Gasteiger charge is -2.09. The van der Waals surface area contributed by atoms with Crippen molar-refractivity contribution in [3.05, 3.63) is 0 Å². The number of carbonyl (C=O) groups is 1. The van der Waals surface area contributed by atoms with Crippen molar-refractivity contribution in [2.24, 2.45) is 0 Å². The van der Waals surface area contributed by atoms with Crippen LogP contribution in [-0.4, -0.2) is 43.9 Å². The lowest BCUT2D eigenvalue weighted by atomic mass is 10.3. The molecule has 1 unspecified atom stereocenters. The van der Waals surface area contributed by atoms with Crippen molar-refractivity contribution < 1.29 is 13.2 Å². The van der Waals surface area contributed by atoms with E-state index >= 15 is 0 Å². The summed E-state index contributed by atoms with van der Waals surface area (Å²) in [7, 11) is -2.88. The Morgan fingerprint density at radius 2 is 2.31 bits per heavy atom. The Morgan fingerprint density at radius 3 is 2.77 bits per heavy atom. The van der Waals surface area contributed by atoms with Gasteiger partial charge in [-0.15, -0.1) is 0 Å². The predicted octanol–water partition coefficient (Wildman–Crippen LogP) is -0.347. The summed E-state index contributed by atoms with van der Waals surface area (Å²) in [6, 6.07) is -0.162. The summed E-state index contributed by atoms with van der Waals surface area (Å²) < 4.78 is 22.0. The smallest absolute Gasteiger partial charge is 0.230 e. The van der Waals surface area contributed by atoms with Gasteiger partial charge in [0.15, 0.2) is 9.84 Å². The topological polar surface area (TPSA) is 63.2 Å². The first-order valence-electron chi connectivity index (χ1n) is 4.02. The molecule has 0 aromatic carbocycles. The third kappa shape index (κ3) is 3.56. The average Bonchev–Trinajstić information content (AvgIpc) is 2.30. The van der Waals surface area contributed by atoms with E-state index in [2.05, 4.69) is 5.32 Å². The van der Waals surface area contributed by atoms with E-state index in [1.807, 2.05) is 6.26 Å². The number of thioether (sulfide) groups is 1. The zero-order valence-electron chi connectivity index (χ0n) is 7.45. The number of rotatable bonds is 3. The molecule has 1 amide bonds. The summed E-state index contributed by atoms with van der Waals surface area (Å²) in [6.45, 7) is 0. The van der Waals surface area contributed by atoms with Gasteiger partial charge < -0.3 is 5.32 Å². The largest absolute Gasteiger partial charge is 0.352 e. The lowest BCUT2D eigenvalue weighted by Crippen LogP contribution is -2.36. The Hall–Kier alpha value is -0.230. The molecular formula is C7H13NO3S2. The molecular weight excluding hydrogens is 210 g/mol. The lowest BCUT2D eigenvalue weighted by molar-refractivity contribution is -0.119. The van der Waals surface area contributed by atoms with Crippen LogP contribution in [0.3, 0.4) is 0 Å². The van der Waals surface area contributed by atoms with Gasteiger partial charge in [-0.1, -0.05) is 0 Å². The van der Waals surface area contributed by atoms with Crippen molar-refractivity contribution in [2.45, 2.75) is 12.5 Å². The Morgan fingerprint density at radius 1 is 1.62 bits per heavy atom. The van der Waals surface area contributed by atoms with Crippen LogP contribution in [0.25, 0.3) is 0 Å². The molecule has 1 saturated heterocycles. The Balaban J connectivity index is 2.36. The first-order valence-corrected chi connectivity index (χ1v) is 7.24. The maximum Gasteiger partial charge on any atom is 0.230 e. The Kier molecular flexibility index (Phi) is 3.61. The van der Waals surface area contributed by atoms with Gasteiger partial charge in [0.2, 0.25) is 5.91 Å². The average molecular weight is 223 g/mol. The summed E-state index contributed by atoms with van der Waals surface area (Å²) in [5, 5.41) is 2.70. The molecule has 0 aromatic heterocycles. The fraction of sp³-hybridized carbons (Fsp3) is 0.857. The molecule has 1 N–H and O–H groups in total. The van der Waals surface area contributed by atoms with Crippen molar-refractivity contribution in [3.8, 4) is 0 Å². The number of sulfone groups is 1. The van der Waals surface area contributed by atoms with Crippen LogP contribution >= 0.6 is 11.8 Å². The minimum Gasteiger partial charge on any atom is -0.352 e. The van der Waals surface area contributed by atoms with Crippen molar-refractivity contribution >= 4 is 27.5 Å². The predicted molar refractivity (Wildman–Crippen MR) is 53.6 cm³/mol. The van der Waals surface area contributed by atoms with Crippen LogP contribution in [0.2, 0.25) is 0 Å².